The van der Waals surface area contributed by atoms with Gasteiger partial charge in [0.05, 0.1) is 12.9 Å². The molecule has 86 valence electrons. The predicted molar refractivity (Wildman–Crippen MR) is 46.9 cm³/mol. The van der Waals surface area contributed by atoms with Gasteiger partial charge in [-0.1, -0.05) is 0 Å². The zero-order valence-electron chi connectivity index (χ0n) is 8.23. The van der Waals surface area contributed by atoms with Crippen LogP contribution in [0.15, 0.2) is 11.8 Å². The van der Waals surface area contributed by atoms with Crippen LogP contribution in [0.4, 0.5) is 13.2 Å². The Kier molecular flexibility index (Phi) is 3.08. The van der Waals surface area contributed by atoms with E-state index in [2.05, 4.69) is 0 Å². The van der Waals surface area contributed by atoms with Crippen LogP contribution in [0.25, 0.3) is 0 Å². The number of ketones is 1. The summed E-state index contributed by atoms with van der Waals surface area (Å²) in [6, 6.07) is 0. The first-order valence-corrected chi connectivity index (χ1v) is 4.48. The number of Topliss-reactive ketones (excluding diaryl/α,β-unsaturated/α-hetero) is 1. The lowest BCUT2D eigenvalue weighted by Gasteiger charge is -2.27. The molecule has 15 heavy (non-hydrogen) atoms. The molecule has 0 aromatic heterocycles. The number of carbonyl (C=O) groups excluding carboxylic acids is 1. The van der Waals surface area contributed by atoms with E-state index in [-0.39, 0.29) is 12.0 Å². The molecule has 0 aromatic rings. The number of hydrogen-bond acceptors (Lipinski definition) is 3. The highest BCUT2D eigenvalue weighted by Gasteiger charge is 2.54. The van der Waals surface area contributed by atoms with Crippen molar-refractivity contribution in [1.29, 1.82) is 0 Å². The Morgan fingerprint density at radius 2 is 2.13 bits per heavy atom. The molecule has 1 heterocycles. The monoisotopic (exact) mass is 223 g/mol. The highest BCUT2D eigenvalue weighted by atomic mass is 19.4. The second-order valence-electron chi connectivity index (χ2n) is 3.65. The summed E-state index contributed by atoms with van der Waals surface area (Å²) >= 11 is 0. The maximum absolute atomic E-state index is 12.4. The number of carbonyl (C=O) groups is 1. The average molecular weight is 223 g/mol. The summed E-state index contributed by atoms with van der Waals surface area (Å²) in [7, 11) is 0. The minimum absolute atomic E-state index is 0.00331. The summed E-state index contributed by atoms with van der Waals surface area (Å²) in [5.41, 5.74) is 2.17. The van der Waals surface area contributed by atoms with Gasteiger partial charge >= 0.3 is 6.18 Å². The van der Waals surface area contributed by atoms with Gasteiger partial charge in [-0.15, -0.1) is 0 Å². The van der Waals surface area contributed by atoms with Gasteiger partial charge in [0.15, 0.2) is 11.3 Å². The largest absolute Gasteiger partial charge is 0.501 e. The first kappa shape index (κ1) is 12.0. The Balaban J connectivity index is 2.88. The summed E-state index contributed by atoms with van der Waals surface area (Å²) < 4.78 is 42.1. The minimum Gasteiger partial charge on any atom is -0.501 e. The van der Waals surface area contributed by atoms with E-state index in [1.807, 2.05) is 0 Å². The molecule has 0 fully saturated rings. The van der Waals surface area contributed by atoms with Crippen LogP contribution in [-0.2, 0) is 9.53 Å². The molecular weight excluding hydrogens is 211 g/mol. The summed E-state index contributed by atoms with van der Waals surface area (Å²) in [6.07, 6.45) is -2.86. The van der Waals surface area contributed by atoms with Crippen LogP contribution in [0.3, 0.4) is 0 Å². The SMILES string of the molecule is CC(N)(C(=O)C1=COCCC1)C(F)(F)F. The molecule has 1 aliphatic heterocycles. The van der Waals surface area contributed by atoms with Crippen LogP contribution in [0.1, 0.15) is 19.8 Å². The molecule has 3 nitrogen and oxygen atoms in total. The van der Waals surface area contributed by atoms with Crippen molar-refractivity contribution in [1.82, 2.24) is 0 Å². The maximum Gasteiger partial charge on any atom is 0.413 e. The van der Waals surface area contributed by atoms with Crippen LogP contribution in [0.5, 0.6) is 0 Å². The standard InChI is InChI=1S/C9H12F3NO2/c1-8(13,9(10,11)12)7(14)6-3-2-4-15-5-6/h5H,2-4,13H2,1H3. The van der Waals surface area contributed by atoms with Gasteiger partial charge in [0.2, 0.25) is 0 Å². The molecular formula is C9H12F3NO2. The number of halogens is 3. The summed E-state index contributed by atoms with van der Waals surface area (Å²) in [6.45, 7) is 1.09. The lowest BCUT2D eigenvalue weighted by atomic mass is 9.89. The fourth-order valence-corrected chi connectivity index (χ4v) is 1.19. The third-order valence-corrected chi connectivity index (χ3v) is 2.29. The molecule has 0 aromatic carbocycles. The Morgan fingerprint density at radius 3 is 2.53 bits per heavy atom. The topological polar surface area (TPSA) is 52.3 Å². The van der Waals surface area contributed by atoms with E-state index in [4.69, 9.17) is 10.5 Å². The Hall–Kier alpha value is -1.04. The molecule has 0 saturated carbocycles. The second-order valence-corrected chi connectivity index (χ2v) is 3.65. The van der Waals surface area contributed by atoms with Crippen molar-refractivity contribution in [2.24, 2.45) is 5.73 Å². The molecule has 0 aliphatic carbocycles. The van der Waals surface area contributed by atoms with Crippen LogP contribution in [0.2, 0.25) is 0 Å². The lowest BCUT2D eigenvalue weighted by molar-refractivity contribution is -0.184. The highest BCUT2D eigenvalue weighted by Crippen LogP contribution is 2.32. The molecule has 0 bridgehead atoms. The Morgan fingerprint density at radius 1 is 1.53 bits per heavy atom. The van der Waals surface area contributed by atoms with Gasteiger partial charge in [-0.05, 0) is 19.8 Å². The van der Waals surface area contributed by atoms with E-state index in [0.717, 1.165) is 6.26 Å². The molecule has 0 spiro atoms. The molecule has 0 amide bonds. The van der Waals surface area contributed by atoms with Crippen LogP contribution in [-0.4, -0.2) is 24.1 Å². The van der Waals surface area contributed by atoms with Crippen molar-refractivity contribution < 1.29 is 22.7 Å². The molecule has 1 rings (SSSR count). The molecule has 1 unspecified atom stereocenters. The van der Waals surface area contributed by atoms with Gasteiger partial charge in [0.25, 0.3) is 0 Å². The van der Waals surface area contributed by atoms with Crippen molar-refractivity contribution in [3.8, 4) is 0 Å². The molecule has 6 heteroatoms. The first-order chi connectivity index (χ1) is 6.77. The summed E-state index contributed by atoms with van der Waals surface area (Å²) in [4.78, 5) is 11.5. The highest BCUT2D eigenvalue weighted by molar-refractivity contribution is 6.02. The third kappa shape index (κ3) is 2.31. The van der Waals surface area contributed by atoms with E-state index in [9.17, 15) is 18.0 Å². The third-order valence-electron chi connectivity index (χ3n) is 2.29. The van der Waals surface area contributed by atoms with Crippen molar-refractivity contribution >= 4 is 5.78 Å². The van der Waals surface area contributed by atoms with Gasteiger partial charge in [-0.3, -0.25) is 4.79 Å². The fourth-order valence-electron chi connectivity index (χ4n) is 1.19. The Labute approximate surface area is 85.1 Å². The van der Waals surface area contributed by atoms with Crippen molar-refractivity contribution in [2.75, 3.05) is 6.61 Å². The van der Waals surface area contributed by atoms with Crippen LogP contribution < -0.4 is 5.73 Å². The zero-order chi connectivity index (χ0) is 11.7. The fraction of sp³-hybridized carbons (Fsp3) is 0.667. The van der Waals surface area contributed by atoms with Crippen LogP contribution >= 0.6 is 0 Å². The number of ether oxygens (including phenoxy) is 1. The van der Waals surface area contributed by atoms with Gasteiger partial charge in [0.1, 0.15) is 0 Å². The zero-order valence-corrected chi connectivity index (χ0v) is 8.23. The molecule has 0 radical (unpaired) electrons. The second kappa shape index (κ2) is 3.84. The summed E-state index contributed by atoms with van der Waals surface area (Å²) in [5, 5.41) is 0. The van der Waals surface area contributed by atoms with Gasteiger partial charge in [0, 0.05) is 5.57 Å². The molecule has 2 N–H and O–H groups in total. The first-order valence-electron chi connectivity index (χ1n) is 4.48. The average Bonchev–Trinajstić information content (AvgIpc) is 2.16. The number of hydrogen-bond donors (Lipinski definition) is 1. The van der Waals surface area contributed by atoms with E-state index in [1.165, 1.54) is 0 Å². The van der Waals surface area contributed by atoms with Crippen molar-refractivity contribution in [3.63, 3.8) is 0 Å². The van der Waals surface area contributed by atoms with Crippen LogP contribution in [0, 0.1) is 0 Å². The van der Waals surface area contributed by atoms with E-state index in [1.54, 1.807) is 0 Å². The minimum atomic E-state index is -4.75. The lowest BCUT2D eigenvalue weighted by Crippen LogP contribution is -2.57. The van der Waals surface area contributed by atoms with Gasteiger partial charge < -0.3 is 10.5 Å². The number of alkyl halides is 3. The van der Waals surface area contributed by atoms with E-state index in [0.29, 0.717) is 20.0 Å². The Bertz CT molecular complexity index is 294. The molecule has 1 aliphatic rings. The smallest absolute Gasteiger partial charge is 0.413 e. The maximum atomic E-state index is 12.4. The van der Waals surface area contributed by atoms with Crippen molar-refractivity contribution in [3.05, 3.63) is 11.8 Å². The van der Waals surface area contributed by atoms with Crippen molar-refractivity contribution in [2.45, 2.75) is 31.5 Å². The van der Waals surface area contributed by atoms with Gasteiger partial charge in [-0.2, -0.15) is 13.2 Å². The predicted octanol–water partition coefficient (Wildman–Crippen LogP) is 1.53. The molecule has 1 atom stereocenters. The van der Waals surface area contributed by atoms with Gasteiger partial charge in [-0.25, -0.2) is 0 Å². The number of rotatable bonds is 2. The quantitative estimate of drug-likeness (QED) is 0.772. The number of nitrogens with two attached hydrogens (primary N) is 1. The molecule has 0 saturated heterocycles. The summed E-state index contributed by atoms with van der Waals surface area (Å²) in [5.74, 6) is -1.12. The normalized spacial score (nSPS) is 21.3. The van der Waals surface area contributed by atoms with E-state index < -0.39 is 17.5 Å². The van der Waals surface area contributed by atoms with E-state index >= 15 is 0 Å².